The Kier molecular flexibility index (Phi) is 5.76. The minimum Gasteiger partial charge on any atom is -0.327 e. The number of benzene rings is 1. The smallest absolute Gasteiger partial charge is 0.327 e. The number of aromatic amines is 1. The van der Waals surface area contributed by atoms with Gasteiger partial charge in [-0.1, -0.05) is 36.5 Å². The number of nitrogens with zero attached hydrogens (tertiary/aromatic N) is 5. The van der Waals surface area contributed by atoms with E-state index in [2.05, 4.69) is 36.5 Å². The molecule has 12 heteroatoms. The molecule has 0 aliphatic heterocycles. The fourth-order valence-corrected chi connectivity index (χ4v) is 5.44. The van der Waals surface area contributed by atoms with E-state index < -0.39 is 15.6 Å². The van der Waals surface area contributed by atoms with Crippen molar-refractivity contribution in [1.82, 2.24) is 29.7 Å². The van der Waals surface area contributed by atoms with Gasteiger partial charge in [0.2, 0.25) is 11.6 Å². The molecule has 1 aromatic carbocycles. The third-order valence-electron chi connectivity index (χ3n) is 6.29. The average molecular weight is 503 g/mol. The van der Waals surface area contributed by atoms with E-state index in [1.165, 1.54) is 25.0 Å². The molecule has 1 aliphatic rings. The molecule has 0 atom stereocenters. The van der Waals surface area contributed by atoms with Crippen LogP contribution in [-0.2, 0) is 16.4 Å². The molecule has 4 aromatic rings. The van der Waals surface area contributed by atoms with Crippen molar-refractivity contribution in [3.8, 4) is 22.9 Å². The van der Waals surface area contributed by atoms with Gasteiger partial charge in [0.15, 0.2) is 15.5 Å². The Hall–Kier alpha value is -3.05. The first kappa shape index (κ1) is 22.7. The monoisotopic (exact) mass is 502 g/mol. The molecule has 3 heterocycles. The van der Waals surface area contributed by atoms with E-state index in [0.29, 0.717) is 28.3 Å². The molecular weight excluding hydrogens is 480 g/mol. The number of hydrogen-bond acceptors (Lipinski definition) is 8. The standard InChI is InChI=1S/C22H23ClN6O4S/c1-12-3-5-13(6-4-12)10-29-11-24-19-18(29)17(25-20(26-19)21-27-22(30)33-28-21)14-7-15(23)9-16(8-14)34(2,31)32/h7-9,11-13H,3-6,10H2,1-2H3,(H,27,28,30). The number of aromatic nitrogens is 6. The summed E-state index contributed by atoms with van der Waals surface area (Å²) in [5, 5.41) is 3.94. The van der Waals surface area contributed by atoms with Crippen LogP contribution >= 0.6 is 11.6 Å². The van der Waals surface area contributed by atoms with E-state index in [1.54, 1.807) is 12.4 Å². The molecule has 1 fully saturated rings. The summed E-state index contributed by atoms with van der Waals surface area (Å²) in [6.07, 6.45) is 7.48. The highest BCUT2D eigenvalue weighted by Gasteiger charge is 2.23. The lowest BCUT2D eigenvalue weighted by atomic mass is 9.83. The van der Waals surface area contributed by atoms with Gasteiger partial charge in [0.05, 0.1) is 11.2 Å². The number of hydrogen-bond donors (Lipinski definition) is 1. The van der Waals surface area contributed by atoms with Crippen molar-refractivity contribution in [2.75, 3.05) is 6.26 Å². The summed E-state index contributed by atoms with van der Waals surface area (Å²) in [6, 6.07) is 4.57. The van der Waals surface area contributed by atoms with E-state index in [1.807, 2.05) is 4.57 Å². The van der Waals surface area contributed by atoms with Crippen LogP contribution in [0, 0.1) is 11.8 Å². The zero-order chi connectivity index (χ0) is 24.0. The van der Waals surface area contributed by atoms with Crippen LogP contribution in [0.25, 0.3) is 34.1 Å². The zero-order valence-corrected chi connectivity index (χ0v) is 20.2. The predicted molar refractivity (Wildman–Crippen MR) is 126 cm³/mol. The highest BCUT2D eigenvalue weighted by atomic mass is 35.5. The zero-order valence-electron chi connectivity index (χ0n) is 18.7. The number of halogens is 1. The van der Waals surface area contributed by atoms with Crippen molar-refractivity contribution in [1.29, 1.82) is 0 Å². The van der Waals surface area contributed by atoms with Crippen LogP contribution in [0.4, 0.5) is 0 Å². The van der Waals surface area contributed by atoms with E-state index in [0.717, 1.165) is 31.6 Å². The predicted octanol–water partition coefficient (Wildman–Crippen LogP) is 3.72. The van der Waals surface area contributed by atoms with Crippen LogP contribution in [-0.4, -0.2) is 44.3 Å². The van der Waals surface area contributed by atoms with Crippen LogP contribution in [0.2, 0.25) is 5.02 Å². The number of rotatable bonds is 5. The lowest BCUT2D eigenvalue weighted by molar-refractivity contribution is 0.266. The number of sulfone groups is 1. The van der Waals surface area contributed by atoms with Crippen molar-refractivity contribution >= 4 is 32.6 Å². The Bertz CT molecular complexity index is 1530. The summed E-state index contributed by atoms with van der Waals surface area (Å²) in [4.78, 5) is 27.6. The first-order chi connectivity index (χ1) is 16.2. The van der Waals surface area contributed by atoms with Crippen molar-refractivity contribution < 1.29 is 12.9 Å². The SMILES string of the molecule is CC1CCC(Cn2cnc3nc(-c4noc(=O)[nH]4)nc(-c4cc(Cl)cc(S(C)(=O)=O)c4)c32)CC1. The molecule has 0 radical (unpaired) electrons. The summed E-state index contributed by atoms with van der Waals surface area (Å²) >= 11 is 6.30. The third-order valence-corrected chi connectivity index (χ3v) is 7.60. The van der Waals surface area contributed by atoms with Crippen molar-refractivity contribution in [3.05, 3.63) is 40.1 Å². The highest BCUT2D eigenvalue weighted by Crippen LogP contribution is 2.34. The molecule has 5 rings (SSSR count). The summed E-state index contributed by atoms with van der Waals surface area (Å²) in [5.74, 6) is 0.654. The van der Waals surface area contributed by atoms with Crippen LogP contribution in [0.1, 0.15) is 32.6 Å². The van der Waals surface area contributed by atoms with Gasteiger partial charge < -0.3 is 4.57 Å². The average Bonchev–Trinajstić information content (AvgIpc) is 3.40. The van der Waals surface area contributed by atoms with Gasteiger partial charge in [0.1, 0.15) is 11.2 Å². The molecule has 1 aliphatic carbocycles. The lowest BCUT2D eigenvalue weighted by Crippen LogP contribution is -2.17. The van der Waals surface area contributed by atoms with Gasteiger partial charge in [0.25, 0.3) is 0 Å². The van der Waals surface area contributed by atoms with E-state index in [9.17, 15) is 13.2 Å². The summed E-state index contributed by atoms with van der Waals surface area (Å²) in [7, 11) is -3.52. The minimum atomic E-state index is -3.52. The van der Waals surface area contributed by atoms with Crippen molar-refractivity contribution in [2.24, 2.45) is 11.8 Å². The molecule has 3 aromatic heterocycles. The molecule has 0 unspecified atom stereocenters. The Morgan fingerprint density at radius 2 is 1.94 bits per heavy atom. The summed E-state index contributed by atoms with van der Waals surface area (Å²) in [6.45, 7) is 3.03. The first-order valence-electron chi connectivity index (χ1n) is 11.0. The van der Waals surface area contributed by atoms with Crippen LogP contribution < -0.4 is 5.76 Å². The molecule has 0 spiro atoms. The van der Waals surface area contributed by atoms with E-state index >= 15 is 0 Å². The largest absolute Gasteiger partial charge is 0.439 e. The Labute approximate surface area is 200 Å². The highest BCUT2D eigenvalue weighted by molar-refractivity contribution is 7.90. The molecule has 0 saturated heterocycles. The van der Waals surface area contributed by atoms with Gasteiger partial charge >= 0.3 is 5.76 Å². The molecule has 0 amide bonds. The van der Waals surface area contributed by atoms with Crippen molar-refractivity contribution in [2.45, 2.75) is 44.0 Å². The molecule has 1 N–H and O–H groups in total. The van der Waals surface area contributed by atoms with Gasteiger partial charge in [-0.2, -0.15) is 0 Å². The topological polar surface area (TPSA) is 137 Å². The second-order valence-electron chi connectivity index (χ2n) is 8.98. The lowest BCUT2D eigenvalue weighted by Gasteiger charge is -2.26. The maximum absolute atomic E-state index is 12.3. The third kappa shape index (κ3) is 4.49. The Morgan fingerprint density at radius 3 is 2.62 bits per heavy atom. The van der Waals surface area contributed by atoms with Crippen LogP contribution in [0.3, 0.4) is 0 Å². The minimum absolute atomic E-state index is 0.0503. The fraction of sp³-hybridized carbons (Fsp3) is 0.409. The second kappa shape index (κ2) is 8.62. The first-order valence-corrected chi connectivity index (χ1v) is 13.2. The summed E-state index contributed by atoms with van der Waals surface area (Å²) in [5.41, 5.74) is 1.99. The molecule has 178 valence electrons. The number of H-pyrrole nitrogens is 1. The quantitative estimate of drug-likeness (QED) is 0.436. The van der Waals surface area contributed by atoms with Crippen molar-refractivity contribution in [3.63, 3.8) is 0 Å². The maximum atomic E-state index is 12.3. The number of fused-ring (bicyclic) bond motifs is 1. The van der Waals surface area contributed by atoms with Gasteiger partial charge in [0, 0.05) is 23.4 Å². The molecule has 34 heavy (non-hydrogen) atoms. The van der Waals surface area contributed by atoms with Crippen LogP contribution in [0.5, 0.6) is 0 Å². The maximum Gasteiger partial charge on any atom is 0.439 e. The van der Waals surface area contributed by atoms with Gasteiger partial charge in [-0.15, -0.1) is 0 Å². The van der Waals surface area contributed by atoms with Gasteiger partial charge in [-0.3, -0.25) is 9.51 Å². The Morgan fingerprint density at radius 1 is 1.18 bits per heavy atom. The Balaban J connectivity index is 1.69. The van der Waals surface area contributed by atoms with E-state index in [-0.39, 0.29) is 21.6 Å². The number of nitrogens with one attached hydrogen (secondary N) is 1. The molecule has 0 bridgehead atoms. The van der Waals surface area contributed by atoms with Gasteiger partial charge in [-0.05, 0) is 42.9 Å². The second-order valence-corrected chi connectivity index (χ2v) is 11.4. The van der Waals surface area contributed by atoms with E-state index in [4.69, 9.17) is 11.6 Å². The molecule has 1 saturated carbocycles. The summed E-state index contributed by atoms with van der Waals surface area (Å²) < 4.78 is 31.1. The number of imidazole rings is 1. The normalized spacial score (nSPS) is 19.0. The van der Waals surface area contributed by atoms with Crippen LogP contribution in [0.15, 0.2) is 38.7 Å². The van der Waals surface area contributed by atoms with Gasteiger partial charge in [-0.25, -0.2) is 28.2 Å². The molecular formula is C22H23ClN6O4S. The molecule has 10 nitrogen and oxygen atoms in total. The fourth-order valence-electron chi connectivity index (χ4n) is 4.45.